The van der Waals surface area contributed by atoms with Crippen LogP contribution in [-0.4, -0.2) is 103 Å². The minimum Gasteiger partial charge on any atom is -0.513 e. The van der Waals surface area contributed by atoms with Gasteiger partial charge in [0.25, 0.3) is 5.91 Å². The van der Waals surface area contributed by atoms with Gasteiger partial charge in [0.15, 0.2) is 6.29 Å². The van der Waals surface area contributed by atoms with Crippen LogP contribution in [0.1, 0.15) is 59.7 Å². The number of piperidine rings is 1. The molecule has 4 rings (SSSR count). The van der Waals surface area contributed by atoms with Gasteiger partial charge in [0.05, 0.1) is 11.3 Å². The molecule has 4 N–H and O–H groups in total. The highest BCUT2D eigenvalue weighted by Crippen LogP contribution is 2.42. The van der Waals surface area contributed by atoms with Crippen LogP contribution >= 0.6 is 0 Å². The van der Waals surface area contributed by atoms with E-state index in [1.54, 1.807) is 30.2 Å². The minimum absolute atomic E-state index is 0.0921. The monoisotopic (exact) mass is 564 g/mol. The second kappa shape index (κ2) is 13.3. The standard InChI is InChI=1S/C31H44N6O4/c1-23(4-3-15-38)34(2)30(41)28-7-6-27(16-25(28)18-39)37-21-31(22-37)11-14-35(20-31)17-24-9-12-36(13-10-24)29(33)8-5-26(32)19-40/h5-8,15-16,18-19,23-24,33,40H,3-4,9-14,17,20-22,32H2,1-2H3. The molecular weight excluding hydrogens is 520 g/mol. The Morgan fingerprint density at radius 1 is 1.20 bits per heavy atom. The number of rotatable bonds is 11. The van der Waals surface area contributed by atoms with Crippen molar-refractivity contribution in [2.75, 3.05) is 57.8 Å². The van der Waals surface area contributed by atoms with Gasteiger partial charge in [0.1, 0.15) is 18.4 Å². The lowest BCUT2D eigenvalue weighted by Crippen LogP contribution is -2.58. The van der Waals surface area contributed by atoms with Crippen LogP contribution in [0.3, 0.4) is 0 Å². The normalized spacial score (nSPS) is 20.3. The first-order valence-corrected chi connectivity index (χ1v) is 14.6. The minimum atomic E-state index is -0.203. The molecule has 1 atom stereocenters. The summed E-state index contributed by atoms with van der Waals surface area (Å²) in [5, 5.41) is 17.1. The van der Waals surface area contributed by atoms with Crippen molar-refractivity contribution < 1.29 is 19.5 Å². The van der Waals surface area contributed by atoms with Gasteiger partial charge >= 0.3 is 0 Å². The van der Waals surface area contributed by atoms with Crippen LogP contribution in [0.25, 0.3) is 0 Å². The van der Waals surface area contributed by atoms with E-state index in [1.807, 2.05) is 19.1 Å². The van der Waals surface area contributed by atoms with Gasteiger partial charge in [-0.1, -0.05) is 0 Å². The Hall–Kier alpha value is -3.66. The number of nitrogens with one attached hydrogen (secondary N) is 1. The Bertz CT molecular complexity index is 1180. The summed E-state index contributed by atoms with van der Waals surface area (Å²) in [5.41, 5.74) is 7.86. The number of carbonyl (C=O) groups is 3. The molecule has 0 radical (unpaired) electrons. The Morgan fingerprint density at radius 3 is 2.59 bits per heavy atom. The molecule has 1 aromatic carbocycles. The number of amidine groups is 1. The molecule has 0 saturated carbocycles. The number of carbonyl (C=O) groups excluding carboxylic acids is 3. The summed E-state index contributed by atoms with van der Waals surface area (Å²) in [6.45, 7) is 8.78. The van der Waals surface area contributed by atoms with Crippen LogP contribution in [0.4, 0.5) is 5.69 Å². The molecule has 1 amide bonds. The van der Waals surface area contributed by atoms with Gasteiger partial charge in [-0.3, -0.25) is 15.0 Å². The zero-order valence-corrected chi connectivity index (χ0v) is 24.3. The van der Waals surface area contributed by atoms with Crippen LogP contribution < -0.4 is 10.6 Å². The Balaban J connectivity index is 1.26. The molecule has 3 heterocycles. The maximum absolute atomic E-state index is 13.0. The molecule has 3 saturated heterocycles. The van der Waals surface area contributed by atoms with Gasteiger partial charge < -0.3 is 35.2 Å². The van der Waals surface area contributed by atoms with Crippen molar-refractivity contribution in [1.29, 1.82) is 5.41 Å². The number of anilines is 1. The van der Waals surface area contributed by atoms with E-state index in [1.165, 1.54) is 0 Å². The number of amides is 1. The molecule has 1 spiro atoms. The number of nitrogens with zero attached hydrogens (tertiary/aromatic N) is 4. The van der Waals surface area contributed by atoms with Crippen LogP contribution in [0.2, 0.25) is 0 Å². The van der Waals surface area contributed by atoms with Crippen molar-refractivity contribution in [1.82, 2.24) is 14.7 Å². The molecule has 10 heteroatoms. The summed E-state index contributed by atoms with van der Waals surface area (Å²) in [4.78, 5) is 44.2. The van der Waals surface area contributed by atoms with E-state index in [-0.39, 0.29) is 23.1 Å². The summed E-state index contributed by atoms with van der Waals surface area (Å²) >= 11 is 0. The molecule has 222 valence electrons. The summed E-state index contributed by atoms with van der Waals surface area (Å²) in [7, 11) is 1.71. The third-order valence-corrected chi connectivity index (χ3v) is 9.07. The van der Waals surface area contributed by atoms with Crippen LogP contribution in [-0.2, 0) is 4.79 Å². The van der Waals surface area contributed by atoms with E-state index >= 15 is 0 Å². The quantitative estimate of drug-likeness (QED) is 0.123. The number of allylic oxidation sites excluding steroid dienone is 1. The molecule has 1 aromatic rings. The first-order chi connectivity index (χ1) is 19.7. The van der Waals surface area contributed by atoms with Crippen LogP contribution in [0.15, 0.2) is 42.3 Å². The molecule has 0 aromatic heterocycles. The van der Waals surface area contributed by atoms with Gasteiger partial charge in [-0.25, -0.2) is 0 Å². The Kier molecular flexibility index (Phi) is 9.86. The molecule has 3 fully saturated rings. The van der Waals surface area contributed by atoms with E-state index in [4.69, 9.17) is 16.2 Å². The number of aliphatic hydroxyl groups excluding tert-OH is 1. The predicted octanol–water partition coefficient (Wildman–Crippen LogP) is 3.05. The number of benzene rings is 1. The summed E-state index contributed by atoms with van der Waals surface area (Å²) in [6, 6.07) is 5.44. The predicted molar refractivity (Wildman–Crippen MR) is 160 cm³/mol. The average molecular weight is 565 g/mol. The maximum Gasteiger partial charge on any atom is 0.254 e. The topological polar surface area (TPSA) is 134 Å². The number of hydrogen-bond acceptors (Lipinski definition) is 8. The van der Waals surface area contributed by atoms with E-state index in [2.05, 4.69) is 14.7 Å². The van der Waals surface area contributed by atoms with Gasteiger partial charge in [-0.15, -0.1) is 0 Å². The first kappa shape index (κ1) is 30.3. The summed E-state index contributed by atoms with van der Waals surface area (Å²) in [5.74, 6) is 0.844. The van der Waals surface area contributed by atoms with E-state index in [9.17, 15) is 14.4 Å². The van der Waals surface area contributed by atoms with Gasteiger partial charge in [0.2, 0.25) is 0 Å². The number of aliphatic hydroxyl groups is 1. The van der Waals surface area contributed by atoms with E-state index in [0.29, 0.717) is 35.7 Å². The highest BCUT2D eigenvalue weighted by Gasteiger charge is 2.48. The molecule has 3 aliphatic rings. The fraction of sp³-hybridized carbons (Fsp3) is 0.548. The number of hydrogen-bond donors (Lipinski definition) is 3. The third-order valence-electron chi connectivity index (χ3n) is 9.07. The van der Waals surface area contributed by atoms with Crippen molar-refractivity contribution in [3.05, 3.63) is 53.4 Å². The Morgan fingerprint density at radius 2 is 1.93 bits per heavy atom. The van der Waals surface area contributed by atoms with Crippen molar-refractivity contribution >= 4 is 30.0 Å². The third kappa shape index (κ3) is 7.16. The van der Waals surface area contributed by atoms with Crippen molar-refractivity contribution in [2.45, 2.75) is 45.1 Å². The maximum atomic E-state index is 13.0. The summed E-state index contributed by atoms with van der Waals surface area (Å²) < 4.78 is 0. The molecule has 1 unspecified atom stereocenters. The number of likely N-dealkylation sites (tertiary alicyclic amines) is 2. The van der Waals surface area contributed by atoms with Crippen LogP contribution in [0, 0.1) is 16.7 Å². The molecule has 10 nitrogen and oxygen atoms in total. The zero-order chi connectivity index (χ0) is 29.6. The lowest BCUT2D eigenvalue weighted by molar-refractivity contribution is -0.108. The van der Waals surface area contributed by atoms with E-state index in [0.717, 1.165) is 89.6 Å². The van der Waals surface area contributed by atoms with Crippen LogP contribution in [0.5, 0.6) is 0 Å². The molecule has 3 aliphatic heterocycles. The highest BCUT2D eigenvalue weighted by atomic mass is 16.2. The SMILES string of the molecule is CC(CCC=O)N(C)C(=O)c1ccc(N2CC3(CCN(CC4CCN(C(=N)C=CC(N)=CO)CC4)C3)C2)cc1C=O. The first-order valence-electron chi connectivity index (χ1n) is 14.6. The van der Waals surface area contributed by atoms with Crippen molar-refractivity contribution in [2.24, 2.45) is 17.1 Å². The lowest BCUT2D eigenvalue weighted by Gasteiger charge is -2.50. The second-order valence-corrected chi connectivity index (χ2v) is 12.0. The van der Waals surface area contributed by atoms with Crippen molar-refractivity contribution in [3.8, 4) is 0 Å². The van der Waals surface area contributed by atoms with E-state index < -0.39 is 0 Å². The number of aldehydes is 2. The lowest BCUT2D eigenvalue weighted by atomic mass is 9.78. The smallest absolute Gasteiger partial charge is 0.254 e. The fourth-order valence-electron chi connectivity index (χ4n) is 6.37. The highest BCUT2D eigenvalue weighted by molar-refractivity contribution is 6.02. The fourth-order valence-corrected chi connectivity index (χ4v) is 6.37. The van der Waals surface area contributed by atoms with Crippen molar-refractivity contribution in [3.63, 3.8) is 0 Å². The van der Waals surface area contributed by atoms with Gasteiger partial charge in [-0.2, -0.15) is 0 Å². The number of nitrogens with two attached hydrogens (primary N) is 1. The Labute approximate surface area is 243 Å². The van der Waals surface area contributed by atoms with Gasteiger partial charge in [0, 0.05) is 75.4 Å². The molecule has 0 bridgehead atoms. The average Bonchev–Trinajstić information content (AvgIpc) is 3.41. The van der Waals surface area contributed by atoms with Gasteiger partial charge in [-0.05, 0) is 75.4 Å². The summed E-state index contributed by atoms with van der Waals surface area (Å²) in [6.07, 6.45) is 9.91. The molecule has 0 aliphatic carbocycles. The largest absolute Gasteiger partial charge is 0.513 e. The molecule has 41 heavy (non-hydrogen) atoms. The second-order valence-electron chi connectivity index (χ2n) is 12.0. The molecular formula is C31H44N6O4. The zero-order valence-electron chi connectivity index (χ0n) is 24.3.